The maximum absolute atomic E-state index is 13.2. The minimum Gasteiger partial charge on any atom is -0.490 e. The molecule has 0 saturated heterocycles. The van der Waals surface area contributed by atoms with Gasteiger partial charge in [-0.05, 0) is 71.2 Å². The van der Waals surface area contributed by atoms with Gasteiger partial charge in [0.2, 0.25) is 0 Å². The van der Waals surface area contributed by atoms with Crippen molar-refractivity contribution in [3.05, 3.63) is 86.3 Å². The van der Waals surface area contributed by atoms with Gasteiger partial charge >= 0.3 is 5.97 Å². The molecule has 0 bridgehead atoms. The molecule has 0 unspecified atom stereocenters. The molecule has 3 N–H and O–H groups in total. The average Bonchev–Trinajstić information content (AvgIpc) is 2.94. The number of aliphatic carboxylic acids is 1. The molecule has 42 heavy (non-hydrogen) atoms. The summed E-state index contributed by atoms with van der Waals surface area (Å²) in [5.41, 5.74) is 3.81. The predicted molar refractivity (Wildman–Crippen MR) is 163 cm³/mol. The van der Waals surface area contributed by atoms with E-state index in [9.17, 15) is 14.4 Å². The number of halogens is 3. The Bertz CT molecular complexity index is 1440. The number of carbonyl (C=O) groups excluding carboxylic acids is 2. The third kappa shape index (κ3) is 9.93. The topological polar surface area (TPSA) is 136 Å². The van der Waals surface area contributed by atoms with Crippen LogP contribution in [0.2, 0.25) is 10.0 Å². The van der Waals surface area contributed by atoms with Gasteiger partial charge in [-0.25, -0.2) is 10.2 Å². The van der Waals surface area contributed by atoms with E-state index in [0.717, 1.165) is 5.56 Å². The minimum atomic E-state index is -1.13. The van der Waals surface area contributed by atoms with Crippen LogP contribution in [0.4, 0.5) is 0 Å². The molecule has 222 valence electrons. The van der Waals surface area contributed by atoms with Crippen molar-refractivity contribution >= 4 is 63.1 Å². The highest BCUT2D eigenvalue weighted by molar-refractivity contribution is 9.10. The summed E-state index contributed by atoms with van der Waals surface area (Å²) in [7, 11) is 0. The molecule has 2 atom stereocenters. The van der Waals surface area contributed by atoms with Gasteiger partial charge in [-0.1, -0.05) is 53.5 Å². The molecule has 0 spiro atoms. The van der Waals surface area contributed by atoms with Crippen LogP contribution in [-0.2, 0) is 20.8 Å². The van der Waals surface area contributed by atoms with E-state index in [0.29, 0.717) is 27.4 Å². The van der Waals surface area contributed by atoms with Gasteiger partial charge in [0.1, 0.15) is 11.8 Å². The van der Waals surface area contributed by atoms with Gasteiger partial charge < -0.3 is 24.6 Å². The zero-order valence-corrected chi connectivity index (χ0v) is 25.7. The normalized spacial score (nSPS) is 12.3. The van der Waals surface area contributed by atoms with Crippen LogP contribution in [-0.4, -0.2) is 54.5 Å². The molecule has 0 radical (unpaired) electrons. The molecule has 0 aliphatic carbocycles. The fourth-order valence-corrected chi connectivity index (χ4v) is 4.64. The lowest BCUT2D eigenvalue weighted by Gasteiger charge is -2.21. The molecule has 0 aromatic heterocycles. The number of nitrogens with zero attached hydrogens (tertiary/aromatic N) is 1. The number of amides is 2. The molecule has 3 rings (SSSR count). The first kappa shape index (κ1) is 32.7. The van der Waals surface area contributed by atoms with Gasteiger partial charge in [0.25, 0.3) is 11.8 Å². The third-order valence-electron chi connectivity index (χ3n) is 5.54. The van der Waals surface area contributed by atoms with Gasteiger partial charge in [-0.3, -0.25) is 9.59 Å². The maximum atomic E-state index is 13.2. The van der Waals surface area contributed by atoms with Crippen LogP contribution >= 0.6 is 39.1 Å². The van der Waals surface area contributed by atoms with Crippen molar-refractivity contribution in [2.75, 3.05) is 13.2 Å². The molecule has 0 saturated carbocycles. The van der Waals surface area contributed by atoms with Gasteiger partial charge in [-0.15, -0.1) is 0 Å². The van der Waals surface area contributed by atoms with Crippen LogP contribution in [0.25, 0.3) is 0 Å². The van der Waals surface area contributed by atoms with E-state index in [-0.39, 0.29) is 22.9 Å². The van der Waals surface area contributed by atoms with E-state index in [4.69, 9.17) is 42.5 Å². The van der Waals surface area contributed by atoms with Crippen molar-refractivity contribution in [3.8, 4) is 17.2 Å². The highest BCUT2D eigenvalue weighted by Gasteiger charge is 2.25. The van der Waals surface area contributed by atoms with Crippen LogP contribution in [0.1, 0.15) is 25.0 Å². The predicted octanol–water partition coefficient (Wildman–Crippen LogP) is 5.26. The monoisotopic (exact) mass is 679 g/mol. The van der Waals surface area contributed by atoms with Crippen LogP contribution < -0.4 is 25.0 Å². The first-order chi connectivity index (χ1) is 20.1. The third-order valence-corrected chi connectivity index (χ3v) is 6.66. The lowest BCUT2D eigenvalue weighted by molar-refractivity contribution is -0.139. The summed E-state index contributed by atoms with van der Waals surface area (Å²) in [6, 6.07) is 16.0. The molecular formula is C29H28BrCl2N3O7. The lowest BCUT2D eigenvalue weighted by atomic mass is 10.1. The number of carboxylic acids is 1. The number of nitrogens with one attached hydrogen (secondary N) is 2. The molecule has 3 aromatic carbocycles. The molecular weight excluding hydrogens is 653 g/mol. The quantitative estimate of drug-likeness (QED) is 0.156. The Morgan fingerprint density at radius 3 is 2.43 bits per heavy atom. The molecule has 0 aliphatic heterocycles. The molecule has 13 heteroatoms. The number of benzene rings is 3. The summed E-state index contributed by atoms with van der Waals surface area (Å²) in [6.07, 6.45) is 0.592. The number of ether oxygens (including phenoxy) is 3. The second kappa shape index (κ2) is 16.0. The molecule has 3 aromatic rings. The summed E-state index contributed by atoms with van der Waals surface area (Å²) in [5, 5.41) is 16.4. The molecule has 0 aliphatic rings. The number of hydrogen-bond donors (Lipinski definition) is 3. The highest BCUT2D eigenvalue weighted by atomic mass is 79.9. The number of hydrogen-bond acceptors (Lipinski definition) is 7. The van der Waals surface area contributed by atoms with E-state index in [1.54, 1.807) is 31.2 Å². The molecule has 2 amide bonds. The van der Waals surface area contributed by atoms with Crippen molar-refractivity contribution in [1.29, 1.82) is 0 Å². The Kier molecular flexibility index (Phi) is 12.5. The summed E-state index contributed by atoms with van der Waals surface area (Å²) in [5.74, 6) is -1.44. The van der Waals surface area contributed by atoms with Crippen LogP contribution in [0.3, 0.4) is 0 Å². The SMILES string of the molecule is CCOc1cc(/C=N\NC(=O)[C@H](Cc2ccccc2)NC(=O)[C@H](C)Oc2ccc(Cl)cc2Cl)cc(Br)c1OCC(=O)O. The Morgan fingerprint density at radius 1 is 1.02 bits per heavy atom. The van der Waals surface area contributed by atoms with Gasteiger partial charge in [0.05, 0.1) is 22.3 Å². The smallest absolute Gasteiger partial charge is 0.341 e. The van der Waals surface area contributed by atoms with E-state index in [1.807, 2.05) is 30.3 Å². The summed E-state index contributed by atoms with van der Waals surface area (Å²) >= 11 is 15.4. The van der Waals surface area contributed by atoms with Crippen molar-refractivity contribution in [3.63, 3.8) is 0 Å². The van der Waals surface area contributed by atoms with E-state index in [2.05, 4.69) is 31.8 Å². The number of hydrazone groups is 1. The number of carbonyl (C=O) groups is 3. The Hall–Kier alpha value is -3.80. The minimum absolute atomic E-state index is 0.192. The Labute approximate surface area is 261 Å². The van der Waals surface area contributed by atoms with Crippen molar-refractivity contribution < 1.29 is 33.7 Å². The first-order valence-corrected chi connectivity index (χ1v) is 14.2. The standard InChI is InChI=1S/C29H28BrCl2N3O7/c1-3-40-25-13-19(11-21(30)27(25)41-16-26(36)37)15-33-35-29(39)23(12-18-7-5-4-6-8-18)34-28(38)17(2)42-24-10-9-20(31)14-22(24)32/h4-11,13-15,17,23H,3,12,16H2,1-2H3,(H,34,38)(H,35,39)(H,36,37)/b33-15-/t17-,23-/m0/s1. The molecule has 0 heterocycles. The van der Waals surface area contributed by atoms with Crippen molar-refractivity contribution in [1.82, 2.24) is 10.7 Å². The average molecular weight is 681 g/mol. The molecule has 10 nitrogen and oxygen atoms in total. The van der Waals surface area contributed by atoms with E-state index < -0.39 is 36.5 Å². The van der Waals surface area contributed by atoms with Crippen LogP contribution in [0, 0.1) is 0 Å². The van der Waals surface area contributed by atoms with Crippen LogP contribution in [0.5, 0.6) is 17.2 Å². The fraction of sp³-hybridized carbons (Fsp3) is 0.241. The summed E-state index contributed by atoms with van der Waals surface area (Å²) in [4.78, 5) is 37.1. The second-order valence-electron chi connectivity index (χ2n) is 8.77. The fourth-order valence-electron chi connectivity index (χ4n) is 3.61. The second-order valence-corrected chi connectivity index (χ2v) is 10.5. The number of rotatable bonds is 14. The first-order valence-electron chi connectivity index (χ1n) is 12.7. The van der Waals surface area contributed by atoms with Crippen molar-refractivity contribution in [2.24, 2.45) is 5.10 Å². The number of carboxylic acid groups (broad SMARTS) is 1. The maximum Gasteiger partial charge on any atom is 0.341 e. The van der Waals surface area contributed by atoms with Crippen molar-refractivity contribution in [2.45, 2.75) is 32.4 Å². The zero-order valence-electron chi connectivity index (χ0n) is 22.6. The van der Waals surface area contributed by atoms with E-state index >= 15 is 0 Å². The largest absolute Gasteiger partial charge is 0.490 e. The Morgan fingerprint density at radius 2 is 1.76 bits per heavy atom. The lowest BCUT2D eigenvalue weighted by Crippen LogP contribution is -2.50. The van der Waals surface area contributed by atoms with Gasteiger partial charge in [0, 0.05) is 11.4 Å². The van der Waals surface area contributed by atoms with Gasteiger partial charge in [0.15, 0.2) is 24.2 Å². The van der Waals surface area contributed by atoms with E-state index in [1.165, 1.54) is 19.2 Å². The van der Waals surface area contributed by atoms with Gasteiger partial charge in [-0.2, -0.15) is 5.10 Å². The zero-order chi connectivity index (χ0) is 30.6. The van der Waals surface area contributed by atoms with Crippen LogP contribution in [0.15, 0.2) is 70.2 Å². The summed E-state index contributed by atoms with van der Waals surface area (Å²) in [6.45, 7) is 3.06. The Balaban J connectivity index is 1.73. The summed E-state index contributed by atoms with van der Waals surface area (Å²) < 4.78 is 17.0. The molecule has 0 fully saturated rings. The highest BCUT2D eigenvalue weighted by Crippen LogP contribution is 2.36.